The van der Waals surface area contributed by atoms with Crippen molar-refractivity contribution >= 4 is 11.6 Å². The van der Waals surface area contributed by atoms with Crippen molar-refractivity contribution in [2.45, 2.75) is 39.0 Å². The van der Waals surface area contributed by atoms with Crippen LogP contribution in [0.4, 0.5) is 0 Å². The molecule has 0 atom stereocenters. The van der Waals surface area contributed by atoms with Gasteiger partial charge in [0.2, 0.25) is 0 Å². The molecule has 106 valence electrons. The van der Waals surface area contributed by atoms with Crippen LogP contribution in [-0.2, 0) is 13.2 Å². The Morgan fingerprint density at radius 3 is 3.00 bits per heavy atom. The molecule has 0 unspecified atom stereocenters. The highest BCUT2D eigenvalue weighted by Gasteiger charge is 2.21. The Balaban J connectivity index is 1.62. The first-order valence-corrected chi connectivity index (χ1v) is 7.28. The van der Waals surface area contributed by atoms with E-state index < -0.39 is 0 Å². The van der Waals surface area contributed by atoms with Crippen molar-refractivity contribution in [3.63, 3.8) is 0 Å². The van der Waals surface area contributed by atoms with E-state index in [0.717, 1.165) is 29.2 Å². The Kier molecular flexibility index (Phi) is 3.99. The molecular weight excluding hydrogens is 274 g/mol. The molecule has 2 aromatic rings. The number of furan rings is 1. The van der Waals surface area contributed by atoms with Gasteiger partial charge in [-0.15, -0.1) is 0 Å². The first-order chi connectivity index (χ1) is 9.72. The fourth-order valence-electron chi connectivity index (χ4n) is 2.07. The van der Waals surface area contributed by atoms with Gasteiger partial charge in [0, 0.05) is 23.2 Å². The van der Waals surface area contributed by atoms with Crippen LogP contribution in [0.5, 0.6) is 5.75 Å². The van der Waals surface area contributed by atoms with Gasteiger partial charge in [0.1, 0.15) is 18.1 Å². The summed E-state index contributed by atoms with van der Waals surface area (Å²) in [7, 11) is 0. The van der Waals surface area contributed by atoms with Gasteiger partial charge < -0.3 is 14.5 Å². The molecule has 0 amide bonds. The molecule has 4 heteroatoms. The van der Waals surface area contributed by atoms with Crippen LogP contribution in [-0.4, -0.2) is 6.04 Å². The van der Waals surface area contributed by atoms with E-state index in [9.17, 15) is 0 Å². The first kappa shape index (κ1) is 13.5. The Labute approximate surface area is 123 Å². The minimum absolute atomic E-state index is 0.426. The molecule has 0 bridgehead atoms. The van der Waals surface area contributed by atoms with Crippen molar-refractivity contribution in [3.8, 4) is 5.75 Å². The maximum Gasteiger partial charge on any atom is 0.146 e. The summed E-state index contributed by atoms with van der Waals surface area (Å²) in [5.74, 6) is 1.67. The van der Waals surface area contributed by atoms with Crippen LogP contribution in [0.1, 0.15) is 29.7 Å². The molecule has 0 aliphatic heterocycles. The predicted octanol–water partition coefficient (Wildman–Crippen LogP) is 4.07. The molecule has 3 rings (SSSR count). The molecule has 1 aromatic heterocycles. The molecule has 1 aromatic carbocycles. The van der Waals surface area contributed by atoms with Crippen LogP contribution < -0.4 is 10.1 Å². The van der Waals surface area contributed by atoms with Crippen LogP contribution in [0.15, 0.2) is 34.9 Å². The molecular formula is C16H18ClNO2. The topological polar surface area (TPSA) is 34.4 Å². The second kappa shape index (κ2) is 5.90. The zero-order chi connectivity index (χ0) is 13.9. The van der Waals surface area contributed by atoms with Crippen molar-refractivity contribution in [3.05, 3.63) is 52.4 Å². The maximum absolute atomic E-state index is 5.99. The average molecular weight is 292 g/mol. The minimum atomic E-state index is 0.426. The van der Waals surface area contributed by atoms with E-state index in [1.54, 1.807) is 6.26 Å². The summed E-state index contributed by atoms with van der Waals surface area (Å²) < 4.78 is 11.3. The summed E-state index contributed by atoms with van der Waals surface area (Å²) in [5, 5.41) is 4.16. The van der Waals surface area contributed by atoms with E-state index in [1.807, 2.05) is 31.2 Å². The summed E-state index contributed by atoms with van der Waals surface area (Å²) in [5.41, 5.74) is 2.23. The maximum atomic E-state index is 5.99. The number of ether oxygens (including phenoxy) is 1. The second-order valence-corrected chi connectivity index (χ2v) is 5.66. The third kappa shape index (κ3) is 3.35. The Morgan fingerprint density at radius 2 is 2.20 bits per heavy atom. The second-order valence-electron chi connectivity index (χ2n) is 5.22. The molecule has 3 nitrogen and oxygen atoms in total. The van der Waals surface area contributed by atoms with E-state index in [2.05, 4.69) is 5.32 Å². The van der Waals surface area contributed by atoms with Gasteiger partial charge in [0.25, 0.3) is 0 Å². The number of rotatable bonds is 6. The van der Waals surface area contributed by atoms with Gasteiger partial charge in [-0.2, -0.15) is 0 Å². The van der Waals surface area contributed by atoms with E-state index in [-0.39, 0.29) is 0 Å². The lowest BCUT2D eigenvalue weighted by Crippen LogP contribution is -2.16. The quantitative estimate of drug-likeness (QED) is 0.871. The van der Waals surface area contributed by atoms with E-state index >= 15 is 0 Å². The van der Waals surface area contributed by atoms with Crippen molar-refractivity contribution in [2.75, 3.05) is 0 Å². The summed E-state index contributed by atoms with van der Waals surface area (Å²) in [6.45, 7) is 3.27. The standard InChI is InChI=1S/C16H18ClNO2/c1-11-2-3-13(17)8-15(11)20-10-16-12(6-7-19-16)9-18-14-4-5-14/h2-3,6-8,14,18H,4-5,9-10H2,1H3. The van der Waals surface area contributed by atoms with E-state index in [1.165, 1.54) is 12.8 Å². The van der Waals surface area contributed by atoms with Crippen LogP contribution in [0.3, 0.4) is 0 Å². The summed E-state index contributed by atoms with van der Waals surface area (Å²) in [6, 6.07) is 8.34. The lowest BCUT2D eigenvalue weighted by Gasteiger charge is -2.09. The van der Waals surface area contributed by atoms with Gasteiger partial charge in [-0.25, -0.2) is 0 Å². The molecule has 1 aliphatic rings. The van der Waals surface area contributed by atoms with Crippen molar-refractivity contribution in [1.82, 2.24) is 5.32 Å². The summed E-state index contributed by atoms with van der Waals surface area (Å²) in [4.78, 5) is 0. The highest BCUT2D eigenvalue weighted by molar-refractivity contribution is 6.30. The fourth-order valence-corrected chi connectivity index (χ4v) is 2.23. The molecule has 1 aliphatic carbocycles. The number of aryl methyl sites for hydroxylation is 1. The van der Waals surface area contributed by atoms with Crippen molar-refractivity contribution in [2.24, 2.45) is 0 Å². The predicted molar refractivity (Wildman–Crippen MR) is 79.1 cm³/mol. The number of hydrogen-bond acceptors (Lipinski definition) is 3. The number of halogens is 1. The van der Waals surface area contributed by atoms with Crippen LogP contribution >= 0.6 is 11.6 Å². The van der Waals surface area contributed by atoms with Gasteiger partial charge in [-0.05, 0) is 43.5 Å². The Morgan fingerprint density at radius 1 is 1.35 bits per heavy atom. The van der Waals surface area contributed by atoms with Gasteiger partial charge in [0.15, 0.2) is 0 Å². The molecule has 1 heterocycles. The minimum Gasteiger partial charge on any atom is -0.485 e. The smallest absolute Gasteiger partial charge is 0.146 e. The van der Waals surface area contributed by atoms with Crippen LogP contribution in [0.2, 0.25) is 5.02 Å². The summed E-state index contributed by atoms with van der Waals surface area (Å²) >= 11 is 5.99. The summed E-state index contributed by atoms with van der Waals surface area (Å²) in [6.07, 6.45) is 4.28. The normalized spacial score (nSPS) is 14.5. The number of nitrogens with one attached hydrogen (secondary N) is 1. The van der Waals surface area contributed by atoms with E-state index in [4.69, 9.17) is 20.8 Å². The Bertz CT molecular complexity index is 590. The largest absolute Gasteiger partial charge is 0.485 e. The van der Waals surface area contributed by atoms with Crippen LogP contribution in [0, 0.1) is 6.92 Å². The average Bonchev–Trinajstić information content (AvgIpc) is 3.16. The SMILES string of the molecule is Cc1ccc(Cl)cc1OCc1occc1CNC1CC1. The lowest BCUT2D eigenvalue weighted by molar-refractivity contribution is 0.266. The monoisotopic (exact) mass is 291 g/mol. The highest BCUT2D eigenvalue weighted by Crippen LogP contribution is 2.25. The molecule has 1 N–H and O–H groups in total. The van der Waals surface area contributed by atoms with E-state index in [0.29, 0.717) is 17.7 Å². The molecule has 0 saturated heterocycles. The third-order valence-electron chi connectivity index (χ3n) is 3.51. The number of benzene rings is 1. The number of hydrogen-bond donors (Lipinski definition) is 1. The third-order valence-corrected chi connectivity index (χ3v) is 3.74. The zero-order valence-corrected chi connectivity index (χ0v) is 12.2. The van der Waals surface area contributed by atoms with Crippen molar-refractivity contribution < 1.29 is 9.15 Å². The van der Waals surface area contributed by atoms with Gasteiger partial charge in [-0.3, -0.25) is 0 Å². The molecule has 1 saturated carbocycles. The van der Waals surface area contributed by atoms with Crippen molar-refractivity contribution in [1.29, 1.82) is 0 Å². The van der Waals surface area contributed by atoms with Gasteiger partial charge in [0.05, 0.1) is 6.26 Å². The van der Waals surface area contributed by atoms with Gasteiger partial charge in [-0.1, -0.05) is 17.7 Å². The first-order valence-electron chi connectivity index (χ1n) is 6.90. The molecule has 0 spiro atoms. The zero-order valence-electron chi connectivity index (χ0n) is 11.5. The fraction of sp³-hybridized carbons (Fsp3) is 0.375. The molecule has 1 fully saturated rings. The molecule has 20 heavy (non-hydrogen) atoms. The highest BCUT2D eigenvalue weighted by atomic mass is 35.5. The molecule has 0 radical (unpaired) electrons. The van der Waals surface area contributed by atoms with Gasteiger partial charge >= 0.3 is 0 Å². The van der Waals surface area contributed by atoms with Crippen LogP contribution in [0.25, 0.3) is 0 Å². The Hall–Kier alpha value is -1.45. The lowest BCUT2D eigenvalue weighted by atomic mass is 10.2.